The third kappa shape index (κ3) is 1.96. The minimum absolute atomic E-state index is 0.00856. The molecule has 0 N–H and O–H groups in total. The van der Waals surface area contributed by atoms with E-state index in [4.69, 9.17) is 9.47 Å². The van der Waals surface area contributed by atoms with Gasteiger partial charge < -0.3 is 9.47 Å². The molecule has 0 aromatic heterocycles. The molecule has 0 radical (unpaired) electrons. The Labute approximate surface area is 113 Å². The third-order valence-corrected chi connectivity index (χ3v) is 5.55. The quantitative estimate of drug-likeness (QED) is 0.736. The summed E-state index contributed by atoms with van der Waals surface area (Å²) in [6, 6.07) is 0. The molecule has 0 aromatic rings. The second-order valence-electron chi connectivity index (χ2n) is 6.99. The highest BCUT2D eigenvalue weighted by Crippen LogP contribution is 2.66. The Morgan fingerprint density at radius 2 is 1.68 bits per heavy atom. The lowest BCUT2D eigenvalue weighted by molar-refractivity contribution is -0.182. The molecular weight excluding hydrogens is 244 g/mol. The summed E-state index contributed by atoms with van der Waals surface area (Å²) >= 11 is 0. The van der Waals surface area contributed by atoms with Gasteiger partial charge in [0, 0.05) is 0 Å². The Morgan fingerprint density at radius 1 is 1.05 bits per heavy atom. The van der Waals surface area contributed by atoms with Crippen molar-refractivity contribution in [3.8, 4) is 0 Å². The zero-order valence-electron chi connectivity index (χ0n) is 11.7. The van der Waals surface area contributed by atoms with Crippen molar-refractivity contribution in [3.05, 3.63) is 0 Å². The van der Waals surface area contributed by atoms with Gasteiger partial charge in [0.15, 0.2) is 0 Å². The Kier molecular flexibility index (Phi) is 2.88. The fraction of sp³-hybridized carbons (Fsp3) is 0.867. The zero-order valence-corrected chi connectivity index (χ0v) is 11.7. The molecule has 0 aliphatic heterocycles. The van der Waals surface area contributed by atoms with Gasteiger partial charge in [-0.2, -0.15) is 0 Å². The predicted octanol–water partition coefficient (Wildman–Crippen LogP) is 2.31. The minimum atomic E-state index is -0.313. The normalized spacial score (nSPS) is 43.1. The SMILES string of the molecule is COC(=O)CC12C[C@H]3C[C@@H](C1)CC(C(=O)OC)(C3)C2. The molecule has 2 unspecified atom stereocenters. The van der Waals surface area contributed by atoms with Gasteiger partial charge >= 0.3 is 11.9 Å². The van der Waals surface area contributed by atoms with Crippen molar-refractivity contribution in [3.63, 3.8) is 0 Å². The lowest BCUT2D eigenvalue weighted by Crippen LogP contribution is -2.55. The van der Waals surface area contributed by atoms with E-state index in [2.05, 4.69) is 0 Å². The number of methoxy groups -OCH3 is 2. The lowest BCUT2D eigenvalue weighted by Gasteiger charge is -2.60. The molecule has 4 saturated carbocycles. The molecular formula is C15H22O4. The highest BCUT2D eigenvalue weighted by atomic mass is 16.5. The molecule has 0 amide bonds. The number of esters is 2. The first-order valence-electron chi connectivity index (χ1n) is 7.16. The summed E-state index contributed by atoms with van der Waals surface area (Å²) < 4.78 is 9.91. The Hall–Kier alpha value is -1.06. The summed E-state index contributed by atoms with van der Waals surface area (Å²) in [7, 11) is 2.92. The van der Waals surface area contributed by atoms with Crippen LogP contribution in [0.25, 0.3) is 0 Å². The van der Waals surface area contributed by atoms with Gasteiger partial charge in [-0.1, -0.05) is 0 Å². The second kappa shape index (κ2) is 4.22. The van der Waals surface area contributed by atoms with Gasteiger partial charge in [0.25, 0.3) is 0 Å². The van der Waals surface area contributed by atoms with E-state index < -0.39 is 0 Å². The van der Waals surface area contributed by atoms with E-state index in [1.807, 2.05) is 0 Å². The first-order valence-corrected chi connectivity index (χ1v) is 7.16. The fourth-order valence-electron chi connectivity index (χ4n) is 5.49. The molecule has 0 saturated heterocycles. The second-order valence-corrected chi connectivity index (χ2v) is 6.99. The Bertz CT molecular complexity index is 400. The lowest BCUT2D eigenvalue weighted by atomic mass is 9.43. The Morgan fingerprint density at radius 3 is 2.21 bits per heavy atom. The average molecular weight is 266 g/mol. The molecule has 0 heterocycles. The van der Waals surface area contributed by atoms with Crippen LogP contribution in [-0.4, -0.2) is 26.2 Å². The summed E-state index contributed by atoms with van der Waals surface area (Å²) in [5.74, 6) is 0.979. The topological polar surface area (TPSA) is 52.6 Å². The van der Waals surface area contributed by atoms with Crippen LogP contribution >= 0.6 is 0 Å². The van der Waals surface area contributed by atoms with Crippen molar-refractivity contribution in [2.24, 2.45) is 22.7 Å². The van der Waals surface area contributed by atoms with Gasteiger partial charge in [0.05, 0.1) is 26.1 Å². The Balaban J connectivity index is 1.88. The number of rotatable bonds is 3. The minimum Gasteiger partial charge on any atom is -0.469 e. The molecule has 4 rings (SSSR count). The molecule has 0 aromatic carbocycles. The van der Waals surface area contributed by atoms with E-state index in [0.29, 0.717) is 18.3 Å². The van der Waals surface area contributed by atoms with Crippen LogP contribution < -0.4 is 0 Å². The van der Waals surface area contributed by atoms with Crippen molar-refractivity contribution >= 4 is 11.9 Å². The van der Waals surface area contributed by atoms with Gasteiger partial charge in [-0.05, 0) is 55.8 Å². The number of hydrogen-bond donors (Lipinski definition) is 0. The summed E-state index contributed by atoms with van der Waals surface area (Å²) in [5.41, 5.74) is -0.321. The molecule has 19 heavy (non-hydrogen) atoms. The van der Waals surface area contributed by atoms with Crippen LogP contribution in [0.2, 0.25) is 0 Å². The van der Waals surface area contributed by atoms with Crippen LogP contribution in [-0.2, 0) is 19.1 Å². The first kappa shape index (κ1) is 12.9. The van der Waals surface area contributed by atoms with Crippen LogP contribution in [0.1, 0.15) is 44.9 Å². The van der Waals surface area contributed by atoms with E-state index in [1.165, 1.54) is 20.6 Å². The predicted molar refractivity (Wildman–Crippen MR) is 68.2 cm³/mol. The van der Waals surface area contributed by atoms with Gasteiger partial charge in [0.1, 0.15) is 0 Å². The standard InChI is InChI=1S/C15H22O4/c1-18-12(16)8-14-4-10-3-11(5-14)7-15(6-10,9-14)13(17)19-2/h10-11H,3-9H2,1-2H3/t10-,11+,14?,15?. The highest BCUT2D eigenvalue weighted by molar-refractivity contribution is 5.78. The van der Waals surface area contributed by atoms with Crippen LogP contribution in [0.4, 0.5) is 0 Å². The molecule has 4 bridgehead atoms. The van der Waals surface area contributed by atoms with Crippen molar-refractivity contribution in [2.75, 3.05) is 14.2 Å². The van der Waals surface area contributed by atoms with Crippen molar-refractivity contribution in [1.82, 2.24) is 0 Å². The summed E-state index contributed by atoms with van der Waals surface area (Å²) in [5, 5.41) is 0. The number of carbonyl (C=O) groups is 2. The van der Waals surface area contributed by atoms with Crippen molar-refractivity contribution in [1.29, 1.82) is 0 Å². The highest BCUT2D eigenvalue weighted by Gasteiger charge is 2.61. The number of carbonyl (C=O) groups excluding carboxylic acids is 2. The van der Waals surface area contributed by atoms with E-state index in [1.54, 1.807) is 0 Å². The zero-order chi connectivity index (χ0) is 13.7. The number of ether oxygens (including phenoxy) is 2. The summed E-state index contributed by atoms with van der Waals surface area (Å²) in [6.07, 6.45) is 6.58. The first-order chi connectivity index (χ1) is 9.01. The maximum Gasteiger partial charge on any atom is 0.311 e. The van der Waals surface area contributed by atoms with Crippen LogP contribution in [0.3, 0.4) is 0 Å². The van der Waals surface area contributed by atoms with Crippen LogP contribution in [0.15, 0.2) is 0 Å². The van der Waals surface area contributed by atoms with Crippen molar-refractivity contribution < 1.29 is 19.1 Å². The maximum absolute atomic E-state index is 12.2. The third-order valence-electron chi connectivity index (χ3n) is 5.55. The monoisotopic (exact) mass is 266 g/mol. The van der Waals surface area contributed by atoms with E-state index in [0.717, 1.165) is 32.1 Å². The maximum atomic E-state index is 12.2. The molecule has 4 aliphatic rings. The molecule has 4 fully saturated rings. The van der Waals surface area contributed by atoms with Gasteiger partial charge in [-0.3, -0.25) is 9.59 Å². The number of hydrogen-bond acceptors (Lipinski definition) is 4. The molecule has 106 valence electrons. The smallest absolute Gasteiger partial charge is 0.311 e. The van der Waals surface area contributed by atoms with E-state index in [9.17, 15) is 9.59 Å². The fourth-order valence-corrected chi connectivity index (χ4v) is 5.49. The molecule has 4 heteroatoms. The van der Waals surface area contributed by atoms with Crippen LogP contribution in [0.5, 0.6) is 0 Å². The molecule has 4 aliphatic carbocycles. The molecule has 0 spiro atoms. The van der Waals surface area contributed by atoms with Gasteiger partial charge in [-0.25, -0.2) is 0 Å². The summed E-state index contributed by atoms with van der Waals surface area (Å²) in [6.45, 7) is 0. The largest absolute Gasteiger partial charge is 0.469 e. The van der Waals surface area contributed by atoms with E-state index >= 15 is 0 Å². The average Bonchev–Trinajstić information content (AvgIpc) is 2.35. The van der Waals surface area contributed by atoms with Crippen LogP contribution in [0, 0.1) is 22.7 Å². The summed E-state index contributed by atoms with van der Waals surface area (Å²) in [4.78, 5) is 23.9. The van der Waals surface area contributed by atoms with Crippen molar-refractivity contribution in [2.45, 2.75) is 44.9 Å². The molecule has 4 nitrogen and oxygen atoms in total. The van der Waals surface area contributed by atoms with E-state index in [-0.39, 0.29) is 22.8 Å². The van der Waals surface area contributed by atoms with Gasteiger partial charge in [0.2, 0.25) is 0 Å². The van der Waals surface area contributed by atoms with Gasteiger partial charge in [-0.15, -0.1) is 0 Å². The molecule has 4 atom stereocenters.